The zero-order valence-electron chi connectivity index (χ0n) is 11.1. The first kappa shape index (κ1) is 13.9. The molecule has 0 atom stereocenters. The highest BCUT2D eigenvalue weighted by Gasteiger charge is 2.20. The molecule has 2 rings (SSSR count). The smallest absolute Gasteiger partial charge is 0.148 e. The number of anilines is 2. The fourth-order valence-corrected chi connectivity index (χ4v) is 2.33. The second kappa shape index (κ2) is 6.08. The lowest BCUT2D eigenvalue weighted by molar-refractivity contribution is 0.188. The van der Waals surface area contributed by atoms with Crippen molar-refractivity contribution in [3.8, 4) is 5.75 Å². The molecule has 6 heteroatoms. The second-order valence-electron chi connectivity index (χ2n) is 4.60. The maximum atomic E-state index is 14.0. The SMILES string of the molecule is COc1cc(N2CCN(CCO)CC2)c(F)cc1N. The monoisotopic (exact) mass is 269 g/mol. The van der Waals surface area contributed by atoms with E-state index in [0.29, 0.717) is 23.7 Å². The third kappa shape index (κ3) is 3.08. The molecule has 1 aliphatic heterocycles. The Morgan fingerprint density at radius 1 is 1.32 bits per heavy atom. The summed E-state index contributed by atoms with van der Waals surface area (Å²) in [5.74, 6) is 0.170. The van der Waals surface area contributed by atoms with Gasteiger partial charge in [0.25, 0.3) is 0 Å². The largest absolute Gasteiger partial charge is 0.495 e. The van der Waals surface area contributed by atoms with Crippen molar-refractivity contribution in [2.75, 3.05) is 57.1 Å². The normalized spacial score (nSPS) is 16.7. The summed E-state index contributed by atoms with van der Waals surface area (Å²) in [5.41, 5.74) is 6.50. The van der Waals surface area contributed by atoms with Crippen LogP contribution >= 0.6 is 0 Å². The number of aliphatic hydroxyl groups is 1. The van der Waals surface area contributed by atoms with Crippen LogP contribution in [0.4, 0.5) is 15.8 Å². The van der Waals surface area contributed by atoms with Gasteiger partial charge in [0.15, 0.2) is 0 Å². The fourth-order valence-electron chi connectivity index (χ4n) is 2.33. The summed E-state index contributed by atoms with van der Waals surface area (Å²) in [6, 6.07) is 2.95. The number of β-amino-alcohol motifs (C(OH)–C–C–N with tert-alkyl or cyclic N) is 1. The number of nitrogens with zero attached hydrogens (tertiary/aromatic N) is 2. The standard InChI is InChI=1S/C13H20FN3O2/c1-19-13-9-12(10(14)8-11(13)15)17-4-2-16(3-5-17)6-7-18/h8-9,18H,2-7,15H2,1H3. The predicted molar refractivity (Wildman–Crippen MR) is 73.1 cm³/mol. The molecule has 0 unspecified atom stereocenters. The number of hydrogen-bond acceptors (Lipinski definition) is 5. The van der Waals surface area contributed by atoms with E-state index in [1.165, 1.54) is 13.2 Å². The highest BCUT2D eigenvalue weighted by Crippen LogP contribution is 2.31. The van der Waals surface area contributed by atoms with Crippen molar-refractivity contribution in [3.05, 3.63) is 17.9 Å². The molecular formula is C13H20FN3O2. The van der Waals surface area contributed by atoms with Gasteiger partial charge in [-0.2, -0.15) is 0 Å². The lowest BCUT2D eigenvalue weighted by Crippen LogP contribution is -2.47. The van der Waals surface area contributed by atoms with Crippen molar-refractivity contribution in [3.63, 3.8) is 0 Å². The van der Waals surface area contributed by atoms with E-state index in [9.17, 15) is 4.39 Å². The number of ether oxygens (including phenoxy) is 1. The summed E-state index contributed by atoms with van der Waals surface area (Å²) in [6.07, 6.45) is 0. The van der Waals surface area contributed by atoms with Crippen molar-refractivity contribution in [1.82, 2.24) is 4.90 Å². The average molecular weight is 269 g/mol. The number of methoxy groups -OCH3 is 1. The van der Waals surface area contributed by atoms with Crippen LogP contribution in [0, 0.1) is 5.82 Å². The number of nitrogens with two attached hydrogens (primary N) is 1. The zero-order chi connectivity index (χ0) is 13.8. The highest BCUT2D eigenvalue weighted by molar-refractivity contribution is 5.63. The maximum absolute atomic E-state index is 14.0. The van der Waals surface area contributed by atoms with Crippen LogP contribution in [0.2, 0.25) is 0 Å². The number of halogens is 1. The average Bonchev–Trinajstić information content (AvgIpc) is 2.41. The van der Waals surface area contributed by atoms with Crippen LogP contribution < -0.4 is 15.4 Å². The van der Waals surface area contributed by atoms with Crippen LogP contribution in [0.15, 0.2) is 12.1 Å². The van der Waals surface area contributed by atoms with Crippen molar-refractivity contribution in [1.29, 1.82) is 0 Å². The molecule has 1 aromatic carbocycles. The quantitative estimate of drug-likeness (QED) is 0.781. The molecule has 0 spiro atoms. The minimum atomic E-state index is -0.325. The second-order valence-corrected chi connectivity index (χ2v) is 4.60. The van der Waals surface area contributed by atoms with Crippen LogP contribution in [0.5, 0.6) is 5.75 Å². The Bertz CT molecular complexity index is 434. The van der Waals surface area contributed by atoms with Gasteiger partial charge in [-0.05, 0) is 0 Å². The molecule has 0 bridgehead atoms. The maximum Gasteiger partial charge on any atom is 0.148 e. The predicted octanol–water partition coefficient (Wildman–Crippen LogP) is 0.531. The third-order valence-electron chi connectivity index (χ3n) is 3.43. The first-order valence-electron chi connectivity index (χ1n) is 6.37. The van der Waals surface area contributed by atoms with Gasteiger partial charge in [0.2, 0.25) is 0 Å². The van der Waals surface area contributed by atoms with Crippen LogP contribution in [0.25, 0.3) is 0 Å². The molecule has 1 saturated heterocycles. The number of piperazine rings is 1. The van der Waals surface area contributed by atoms with Gasteiger partial charge in [-0.3, -0.25) is 4.90 Å². The molecule has 0 amide bonds. The van der Waals surface area contributed by atoms with E-state index in [4.69, 9.17) is 15.6 Å². The van der Waals surface area contributed by atoms with Crippen molar-refractivity contribution < 1.29 is 14.2 Å². The van der Waals surface area contributed by atoms with E-state index in [1.807, 2.05) is 4.90 Å². The fraction of sp³-hybridized carbons (Fsp3) is 0.538. The van der Waals surface area contributed by atoms with Crippen LogP contribution in [0.1, 0.15) is 0 Å². The molecule has 5 nitrogen and oxygen atoms in total. The van der Waals surface area contributed by atoms with Crippen molar-refractivity contribution in [2.45, 2.75) is 0 Å². The molecule has 1 fully saturated rings. The Hall–Kier alpha value is -1.53. The van der Waals surface area contributed by atoms with E-state index in [0.717, 1.165) is 26.2 Å². The number of rotatable bonds is 4. The van der Waals surface area contributed by atoms with E-state index < -0.39 is 0 Å². The number of hydrogen-bond donors (Lipinski definition) is 2. The van der Waals surface area contributed by atoms with E-state index in [2.05, 4.69) is 4.90 Å². The molecule has 19 heavy (non-hydrogen) atoms. The lowest BCUT2D eigenvalue weighted by atomic mass is 10.2. The highest BCUT2D eigenvalue weighted by atomic mass is 19.1. The van der Waals surface area contributed by atoms with Crippen molar-refractivity contribution >= 4 is 11.4 Å². The van der Waals surface area contributed by atoms with Crippen LogP contribution in [-0.2, 0) is 0 Å². The molecule has 1 aromatic rings. The Kier molecular flexibility index (Phi) is 4.44. The minimum Gasteiger partial charge on any atom is -0.495 e. The molecular weight excluding hydrogens is 249 g/mol. The third-order valence-corrected chi connectivity index (χ3v) is 3.43. The summed E-state index contributed by atoms with van der Waals surface area (Å²) < 4.78 is 19.1. The first-order valence-corrected chi connectivity index (χ1v) is 6.37. The van der Waals surface area contributed by atoms with Gasteiger partial charge in [0.05, 0.1) is 25.1 Å². The van der Waals surface area contributed by atoms with Crippen molar-refractivity contribution in [2.24, 2.45) is 0 Å². The molecule has 0 aliphatic carbocycles. The van der Waals surface area contributed by atoms with Gasteiger partial charge in [-0.15, -0.1) is 0 Å². The van der Waals surface area contributed by atoms with Gasteiger partial charge < -0.3 is 20.5 Å². The molecule has 1 aliphatic rings. The molecule has 3 N–H and O–H groups in total. The van der Waals surface area contributed by atoms with Crippen LogP contribution in [-0.4, -0.2) is 56.4 Å². The van der Waals surface area contributed by atoms with Gasteiger partial charge in [0.1, 0.15) is 11.6 Å². The Morgan fingerprint density at radius 2 is 2.00 bits per heavy atom. The minimum absolute atomic E-state index is 0.157. The molecule has 0 saturated carbocycles. The zero-order valence-corrected chi connectivity index (χ0v) is 11.1. The summed E-state index contributed by atoms with van der Waals surface area (Å²) in [6.45, 7) is 3.90. The van der Waals surface area contributed by atoms with Gasteiger partial charge >= 0.3 is 0 Å². The lowest BCUT2D eigenvalue weighted by Gasteiger charge is -2.36. The number of benzene rings is 1. The molecule has 1 heterocycles. The Balaban J connectivity index is 2.11. The Labute approximate surface area is 112 Å². The summed E-state index contributed by atoms with van der Waals surface area (Å²) >= 11 is 0. The first-order chi connectivity index (χ1) is 9.15. The van der Waals surface area contributed by atoms with E-state index in [-0.39, 0.29) is 12.4 Å². The summed E-state index contributed by atoms with van der Waals surface area (Å²) in [4.78, 5) is 4.13. The van der Waals surface area contributed by atoms with E-state index in [1.54, 1.807) is 6.07 Å². The number of aliphatic hydroxyl groups excluding tert-OH is 1. The van der Waals surface area contributed by atoms with Gasteiger partial charge in [-0.1, -0.05) is 0 Å². The van der Waals surface area contributed by atoms with E-state index >= 15 is 0 Å². The summed E-state index contributed by atoms with van der Waals surface area (Å²) in [7, 11) is 1.52. The number of nitrogen functional groups attached to an aromatic ring is 1. The molecule has 106 valence electrons. The van der Waals surface area contributed by atoms with Gasteiger partial charge in [0, 0.05) is 44.9 Å². The molecule has 0 aromatic heterocycles. The van der Waals surface area contributed by atoms with Crippen LogP contribution in [0.3, 0.4) is 0 Å². The van der Waals surface area contributed by atoms with Gasteiger partial charge in [-0.25, -0.2) is 4.39 Å². The Morgan fingerprint density at radius 3 is 2.58 bits per heavy atom. The topological polar surface area (TPSA) is 62.0 Å². The summed E-state index contributed by atoms with van der Waals surface area (Å²) in [5, 5.41) is 8.90. The molecule has 0 radical (unpaired) electrons.